The minimum atomic E-state index is -0.433. The molecule has 1 saturated heterocycles. The van der Waals surface area contributed by atoms with Gasteiger partial charge in [-0.25, -0.2) is 0 Å². The van der Waals surface area contributed by atoms with Crippen molar-refractivity contribution in [2.75, 3.05) is 26.2 Å². The molecule has 1 heterocycles. The van der Waals surface area contributed by atoms with E-state index >= 15 is 0 Å². The molecule has 3 nitrogen and oxygen atoms in total. The third-order valence-electron chi connectivity index (χ3n) is 3.48. The van der Waals surface area contributed by atoms with Crippen LogP contribution in [0.5, 0.6) is 5.75 Å². The molecule has 2 unspecified atom stereocenters. The SMILES string of the molecule is CC1CCCN(CC(O)COc2ccccc2Br)C1. The molecule has 1 aromatic rings. The lowest BCUT2D eigenvalue weighted by Gasteiger charge is -2.32. The van der Waals surface area contributed by atoms with Gasteiger partial charge < -0.3 is 14.7 Å². The highest BCUT2D eigenvalue weighted by Gasteiger charge is 2.19. The van der Waals surface area contributed by atoms with Crippen molar-refractivity contribution in [2.24, 2.45) is 5.92 Å². The van der Waals surface area contributed by atoms with Gasteiger partial charge in [-0.05, 0) is 53.4 Å². The Kier molecular flexibility index (Phi) is 5.67. The fraction of sp³-hybridized carbons (Fsp3) is 0.600. The van der Waals surface area contributed by atoms with Crippen LogP contribution in [-0.4, -0.2) is 42.4 Å². The number of hydrogen-bond acceptors (Lipinski definition) is 3. The third kappa shape index (κ3) is 4.79. The van der Waals surface area contributed by atoms with E-state index in [2.05, 4.69) is 27.8 Å². The molecule has 1 N–H and O–H groups in total. The first-order valence-corrected chi connectivity index (χ1v) is 7.72. The number of rotatable bonds is 5. The second-order valence-corrected chi connectivity index (χ2v) is 6.26. The van der Waals surface area contributed by atoms with Crippen LogP contribution in [0.3, 0.4) is 0 Å². The van der Waals surface area contributed by atoms with Crippen LogP contribution < -0.4 is 4.74 Å². The standard InChI is InChI=1S/C15H22BrNO2/c1-12-5-4-8-17(9-12)10-13(18)11-19-15-7-3-2-6-14(15)16/h2-3,6-7,12-13,18H,4-5,8-11H2,1H3. The van der Waals surface area contributed by atoms with Crippen molar-refractivity contribution < 1.29 is 9.84 Å². The number of halogens is 1. The molecule has 1 aromatic carbocycles. The number of likely N-dealkylation sites (tertiary alicyclic amines) is 1. The smallest absolute Gasteiger partial charge is 0.133 e. The number of nitrogens with zero attached hydrogens (tertiary/aromatic N) is 1. The molecule has 0 radical (unpaired) electrons. The summed E-state index contributed by atoms with van der Waals surface area (Å²) in [5.74, 6) is 1.53. The first-order chi connectivity index (χ1) is 9.15. The molecule has 4 heteroatoms. The van der Waals surface area contributed by atoms with E-state index < -0.39 is 6.10 Å². The summed E-state index contributed by atoms with van der Waals surface area (Å²) >= 11 is 3.44. The van der Waals surface area contributed by atoms with E-state index in [9.17, 15) is 5.11 Å². The molecule has 0 aliphatic carbocycles. The Morgan fingerprint density at radius 1 is 1.47 bits per heavy atom. The molecule has 0 aromatic heterocycles. The molecule has 2 atom stereocenters. The number of β-amino-alcohol motifs (C(OH)–C–C–N with tert-alkyl or cyclic N) is 1. The molecule has 1 aliphatic rings. The van der Waals surface area contributed by atoms with Crippen LogP contribution in [0.2, 0.25) is 0 Å². The van der Waals surface area contributed by atoms with Gasteiger partial charge in [0.15, 0.2) is 0 Å². The van der Waals surface area contributed by atoms with E-state index in [0.29, 0.717) is 13.2 Å². The minimum absolute atomic E-state index is 0.341. The second kappa shape index (κ2) is 7.27. The third-order valence-corrected chi connectivity index (χ3v) is 4.13. The summed E-state index contributed by atoms with van der Waals surface area (Å²) in [6.45, 7) is 5.50. The molecule has 0 spiro atoms. The second-order valence-electron chi connectivity index (χ2n) is 5.40. The van der Waals surface area contributed by atoms with Gasteiger partial charge >= 0.3 is 0 Å². The van der Waals surface area contributed by atoms with Crippen LogP contribution in [-0.2, 0) is 0 Å². The first-order valence-electron chi connectivity index (χ1n) is 6.93. The molecule has 0 bridgehead atoms. The fourth-order valence-corrected chi connectivity index (χ4v) is 2.95. The van der Waals surface area contributed by atoms with Crippen LogP contribution in [0.4, 0.5) is 0 Å². The highest BCUT2D eigenvalue weighted by atomic mass is 79.9. The number of aliphatic hydroxyl groups is 1. The maximum Gasteiger partial charge on any atom is 0.133 e. The summed E-state index contributed by atoms with van der Waals surface area (Å²) in [4.78, 5) is 2.34. The fourth-order valence-electron chi connectivity index (χ4n) is 2.55. The Balaban J connectivity index is 1.75. The van der Waals surface area contributed by atoms with Gasteiger partial charge in [0, 0.05) is 13.1 Å². The quantitative estimate of drug-likeness (QED) is 0.902. The van der Waals surface area contributed by atoms with Gasteiger partial charge in [-0.3, -0.25) is 0 Å². The number of hydrogen-bond donors (Lipinski definition) is 1. The normalized spacial score (nSPS) is 22.2. The highest BCUT2D eigenvalue weighted by molar-refractivity contribution is 9.10. The Labute approximate surface area is 123 Å². The van der Waals surface area contributed by atoms with Crippen LogP contribution in [0.25, 0.3) is 0 Å². The first kappa shape index (κ1) is 14.8. The Morgan fingerprint density at radius 3 is 3.00 bits per heavy atom. The van der Waals surface area contributed by atoms with E-state index in [4.69, 9.17) is 4.74 Å². The maximum atomic E-state index is 10.1. The predicted molar refractivity (Wildman–Crippen MR) is 80.5 cm³/mol. The summed E-state index contributed by atoms with van der Waals surface area (Å²) in [5.41, 5.74) is 0. The van der Waals surface area contributed by atoms with Gasteiger partial charge in [-0.2, -0.15) is 0 Å². The average molecular weight is 328 g/mol. The van der Waals surface area contributed by atoms with Crippen molar-refractivity contribution in [3.8, 4) is 5.75 Å². The van der Waals surface area contributed by atoms with Gasteiger partial charge in [0.2, 0.25) is 0 Å². The van der Waals surface area contributed by atoms with Crippen molar-refractivity contribution in [1.29, 1.82) is 0 Å². The molecule has 1 fully saturated rings. The van der Waals surface area contributed by atoms with Crippen molar-refractivity contribution in [3.63, 3.8) is 0 Å². The van der Waals surface area contributed by atoms with Crippen molar-refractivity contribution >= 4 is 15.9 Å². The molecule has 2 rings (SSSR count). The topological polar surface area (TPSA) is 32.7 Å². The predicted octanol–water partition coefficient (Wildman–Crippen LogP) is 2.92. The zero-order chi connectivity index (χ0) is 13.7. The molecule has 0 saturated carbocycles. The van der Waals surface area contributed by atoms with E-state index in [1.54, 1.807) is 0 Å². The molecule has 106 valence electrons. The monoisotopic (exact) mass is 327 g/mol. The van der Waals surface area contributed by atoms with Gasteiger partial charge in [0.1, 0.15) is 18.5 Å². The lowest BCUT2D eigenvalue weighted by Crippen LogP contribution is -2.41. The maximum absolute atomic E-state index is 10.1. The minimum Gasteiger partial charge on any atom is -0.490 e. The van der Waals surface area contributed by atoms with Gasteiger partial charge in [0.05, 0.1) is 4.47 Å². The number of ether oxygens (including phenoxy) is 1. The zero-order valence-corrected chi connectivity index (χ0v) is 13.0. The highest BCUT2D eigenvalue weighted by Crippen LogP contribution is 2.24. The van der Waals surface area contributed by atoms with Gasteiger partial charge in [-0.1, -0.05) is 19.1 Å². The van der Waals surface area contributed by atoms with E-state index in [1.165, 1.54) is 12.8 Å². The van der Waals surface area contributed by atoms with Crippen molar-refractivity contribution in [1.82, 2.24) is 4.90 Å². The lowest BCUT2D eigenvalue weighted by atomic mass is 10.0. The van der Waals surface area contributed by atoms with Crippen LogP contribution in [0.1, 0.15) is 19.8 Å². The summed E-state index contributed by atoms with van der Waals surface area (Å²) in [7, 11) is 0. The number of benzene rings is 1. The van der Waals surface area contributed by atoms with Crippen LogP contribution in [0.15, 0.2) is 28.7 Å². The van der Waals surface area contributed by atoms with Gasteiger partial charge in [0.25, 0.3) is 0 Å². The molecule has 0 amide bonds. The number of para-hydroxylation sites is 1. The Bertz CT molecular complexity index is 399. The zero-order valence-electron chi connectivity index (χ0n) is 11.4. The molecule has 19 heavy (non-hydrogen) atoms. The Morgan fingerprint density at radius 2 is 2.26 bits per heavy atom. The summed E-state index contributed by atoms with van der Waals surface area (Å²) < 4.78 is 6.57. The van der Waals surface area contributed by atoms with E-state index in [-0.39, 0.29) is 0 Å². The molecule has 1 aliphatic heterocycles. The largest absolute Gasteiger partial charge is 0.490 e. The number of piperidine rings is 1. The Hall–Kier alpha value is -0.580. The van der Waals surface area contributed by atoms with Crippen molar-refractivity contribution in [2.45, 2.75) is 25.9 Å². The average Bonchev–Trinajstić information content (AvgIpc) is 2.38. The number of aliphatic hydroxyl groups excluding tert-OH is 1. The molecular weight excluding hydrogens is 306 g/mol. The summed E-state index contributed by atoms with van der Waals surface area (Å²) in [5, 5.41) is 10.1. The summed E-state index contributed by atoms with van der Waals surface area (Å²) in [6, 6.07) is 7.72. The van der Waals surface area contributed by atoms with Gasteiger partial charge in [-0.15, -0.1) is 0 Å². The summed E-state index contributed by atoms with van der Waals surface area (Å²) in [6.07, 6.45) is 2.11. The van der Waals surface area contributed by atoms with Crippen LogP contribution >= 0.6 is 15.9 Å². The lowest BCUT2D eigenvalue weighted by molar-refractivity contribution is 0.0535. The molecular formula is C15H22BrNO2. The van der Waals surface area contributed by atoms with E-state index in [1.807, 2.05) is 24.3 Å². The van der Waals surface area contributed by atoms with E-state index in [0.717, 1.165) is 29.2 Å². The van der Waals surface area contributed by atoms with Crippen molar-refractivity contribution in [3.05, 3.63) is 28.7 Å². The van der Waals surface area contributed by atoms with Crippen LogP contribution in [0, 0.1) is 5.92 Å².